The maximum atomic E-state index is 9.01. The molecule has 0 saturated carbocycles. The second kappa shape index (κ2) is 3.68. The van der Waals surface area contributed by atoms with Crippen molar-refractivity contribution >= 4 is 15.9 Å². The molecule has 70 valence electrons. The molecule has 1 aromatic rings. The fourth-order valence-electron chi connectivity index (χ4n) is 1.54. The van der Waals surface area contributed by atoms with E-state index < -0.39 is 0 Å². The van der Waals surface area contributed by atoms with Crippen molar-refractivity contribution in [2.45, 2.75) is 6.42 Å². The molecule has 1 N–H and O–H groups in total. The van der Waals surface area contributed by atoms with Gasteiger partial charge in [-0.15, -0.1) is 0 Å². The third kappa shape index (κ3) is 1.71. The molecule has 0 bridgehead atoms. The summed E-state index contributed by atoms with van der Waals surface area (Å²) < 4.78 is 6.59. The van der Waals surface area contributed by atoms with E-state index in [1.54, 1.807) is 0 Å². The van der Waals surface area contributed by atoms with E-state index in [4.69, 9.17) is 9.84 Å². The Hall–Kier alpha value is -0.540. The molecule has 2 nitrogen and oxygen atoms in total. The van der Waals surface area contributed by atoms with Crippen LogP contribution in [0.4, 0.5) is 0 Å². The van der Waals surface area contributed by atoms with Crippen LogP contribution < -0.4 is 4.74 Å². The molecule has 1 unspecified atom stereocenters. The fraction of sp³-hybridized carbons (Fsp3) is 0.400. The van der Waals surface area contributed by atoms with E-state index in [1.807, 2.05) is 18.2 Å². The van der Waals surface area contributed by atoms with Crippen molar-refractivity contribution in [1.82, 2.24) is 0 Å². The van der Waals surface area contributed by atoms with Crippen molar-refractivity contribution in [2.75, 3.05) is 13.2 Å². The SMILES string of the molecule is OCC1COc2cccc(Br)c2C1. The molecule has 1 heterocycles. The first kappa shape index (κ1) is 9.03. The summed E-state index contributed by atoms with van der Waals surface area (Å²) in [6.07, 6.45) is 0.896. The standard InChI is InChI=1S/C10H11BrO2/c11-9-2-1-3-10-8(9)4-7(5-12)6-13-10/h1-3,7,12H,4-6H2. The van der Waals surface area contributed by atoms with Crippen molar-refractivity contribution in [2.24, 2.45) is 5.92 Å². The number of benzene rings is 1. The average Bonchev–Trinajstić information content (AvgIpc) is 2.18. The molecule has 13 heavy (non-hydrogen) atoms. The molecule has 0 fully saturated rings. The van der Waals surface area contributed by atoms with Crippen LogP contribution >= 0.6 is 15.9 Å². The summed E-state index contributed by atoms with van der Waals surface area (Å²) in [6.45, 7) is 0.820. The number of fused-ring (bicyclic) bond motifs is 1. The van der Waals surface area contributed by atoms with Gasteiger partial charge in [-0.3, -0.25) is 0 Å². The van der Waals surface area contributed by atoms with Gasteiger partial charge >= 0.3 is 0 Å². The Balaban J connectivity index is 2.32. The summed E-state index contributed by atoms with van der Waals surface area (Å²) >= 11 is 3.48. The van der Waals surface area contributed by atoms with Gasteiger partial charge in [0.1, 0.15) is 5.75 Å². The summed E-state index contributed by atoms with van der Waals surface area (Å²) in [4.78, 5) is 0. The molecule has 3 heteroatoms. The highest BCUT2D eigenvalue weighted by atomic mass is 79.9. The number of hydrogen-bond donors (Lipinski definition) is 1. The third-order valence-corrected chi connectivity index (χ3v) is 3.04. The molecule has 0 aliphatic carbocycles. The monoisotopic (exact) mass is 242 g/mol. The zero-order valence-electron chi connectivity index (χ0n) is 7.16. The number of ether oxygens (including phenoxy) is 1. The largest absolute Gasteiger partial charge is 0.493 e. The van der Waals surface area contributed by atoms with Crippen LogP contribution in [0.2, 0.25) is 0 Å². The number of halogens is 1. The van der Waals surface area contributed by atoms with Gasteiger partial charge in [-0.2, -0.15) is 0 Å². The number of aliphatic hydroxyl groups excluding tert-OH is 1. The Bertz CT molecular complexity index is 312. The van der Waals surface area contributed by atoms with Crippen molar-refractivity contribution in [1.29, 1.82) is 0 Å². The van der Waals surface area contributed by atoms with Crippen LogP contribution in [-0.2, 0) is 6.42 Å². The Kier molecular flexibility index (Phi) is 2.56. The summed E-state index contributed by atoms with van der Waals surface area (Å²) in [5.74, 6) is 1.19. The average molecular weight is 243 g/mol. The lowest BCUT2D eigenvalue weighted by Crippen LogP contribution is -2.23. The van der Waals surface area contributed by atoms with Crippen LogP contribution in [-0.4, -0.2) is 18.3 Å². The molecule has 0 aromatic heterocycles. The number of rotatable bonds is 1. The van der Waals surface area contributed by atoms with E-state index in [9.17, 15) is 0 Å². The number of aliphatic hydroxyl groups is 1. The van der Waals surface area contributed by atoms with Crippen LogP contribution in [0, 0.1) is 5.92 Å². The normalized spacial score (nSPS) is 20.6. The zero-order chi connectivity index (χ0) is 9.26. The van der Waals surface area contributed by atoms with E-state index in [0.29, 0.717) is 6.61 Å². The van der Waals surface area contributed by atoms with E-state index in [1.165, 1.54) is 5.56 Å². The first-order valence-corrected chi connectivity index (χ1v) is 5.11. The van der Waals surface area contributed by atoms with Crippen molar-refractivity contribution in [3.05, 3.63) is 28.2 Å². The Morgan fingerprint density at radius 2 is 2.38 bits per heavy atom. The van der Waals surface area contributed by atoms with Crippen molar-refractivity contribution in [3.63, 3.8) is 0 Å². The Morgan fingerprint density at radius 3 is 3.15 bits per heavy atom. The van der Waals surface area contributed by atoms with Gasteiger partial charge in [-0.25, -0.2) is 0 Å². The smallest absolute Gasteiger partial charge is 0.123 e. The maximum Gasteiger partial charge on any atom is 0.123 e. The first-order valence-electron chi connectivity index (χ1n) is 4.32. The lowest BCUT2D eigenvalue weighted by Gasteiger charge is -2.24. The molecular formula is C10H11BrO2. The number of hydrogen-bond acceptors (Lipinski definition) is 2. The Labute approximate surface area is 85.7 Å². The van der Waals surface area contributed by atoms with E-state index in [2.05, 4.69) is 15.9 Å². The van der Waals surface area contributed by atoms with Gasteiger partial charge < -0.3 is 9.84 Å². The maximum absolute atomic E-state index is 9.01. The molecule has 0 spiro atoms. The van der Waals surface area contributed by atoms with Gasteiger partial charge in [0.25, 0.3) is 0 Å². The summed E-state index contributed by atoms with van der Waals surface area (Å²) in [5.41, 5.74) is 1.17. The van der Waals surface area contributed by atoms with Crippen LogP contribution in [0.1, 0.15) is 5.56 Å². The quantitative estimate of drug-likeness (QED) is 0.817. The summed E-state index contributed by atoms with van der Waals surface area (Å²) in [7, 11) is 0. The molecule has 1 aromatic carbocycles. The van der Waals surface area contributed by atoms with E-state index in [0.717, 1.165) is 16.6 Å². The van der Waals surface area contributed by atoms with Crippen LogP contribution in [0.5, 0.6) is 5.75 Å². The molecule has 0 amide bonds. The third-order valence-electron chi connectivity index (χ3n) is 2.30. The molecular weight excluding hydrogens is 232 g/mol. The van der Waals surface area contributed by atoms with E-state index in [-0.39, 0.29) is 12.5 Å². The zero-order valence-corrected chi connectivity index (χ0v) is 8.75. The minimum absolute atomic E-state index is 0.195. The van der Waals surface area contributed by atoms with E-state index >= 15 is 0 Å². The molecule has 1 aliphatic heterocycles. The van der Waals surface area contributed by atoms with Gasteiger partial charge in [-0.1, -0.05) is 22.0 Å². The van der Waals surface area contributed by atoms with Crippen LogP contribution in [0.15, 0.2) is 22.7 Å². The Morgan fingerprint density at radius 1 is 1.54 bits per heavy atom. The second-order valence-corrected chi connectivity index (χ2v) is 4.13. The van der Waals surface area contributed by atoms with Gasteiger partial charge in [0, 0.05) is 22.6 Å². The molecule has 1 aliphatic rings. The van der Waals surface area contributed by atoms with Gasteiger partial charge in [0.15, 0.2) is 0 Å². The molecule has 0 saturated heterocycles. The topological polar surface area (TPSA) is 29.5 Å². The fourth-order valence-corrected chi connectivity index (χ4v) is 2.05. The van der Waals surface area contributed by atoms with Gasteiger partial charge in [-0.05, 0) is 18.6 Å². The predicted octanol–water partition coefficient (Wildman–Crippen LogP) is 1.99. The van der Waals surface area contributed by atoms with Gasteiger partial charge in [0.05, 0.1) is 6.61 Å². The molecule has 1 atom stereocenters. The minimum atomic E-state index is 0.195. The van der Waals surface area contributed by atoms with Crippen molar-refractivity contribution < 1.29 is 9.84 Å². The van der Waals surface area contributed by atoms with Crippen molar-refractivity contribution in [3.8, 4) is 5.75 Å². The first-order chi connectivity index (χ1) is 6.31. The molecule has 0 radical (unpaired) electrons. The highest BCUT2D eigenvalue weighted by Crippen LogP contribution is 2.32. The van der Waals surface area contributed by atoms with Crippen LogP contribution in [0.3, 0.4) is 0 Å². The second-order valence-electron chi connectivity index (χ2n) is 3.28. The summed E-state index contributed by atoms with van der Waals surface area (Å²) in [5, 5.41) is 9.01. The predicted molar refractivity (Wildman–Crippen MR) is 53.9 cm³/mol. The molecule has 2 rings (SSSR count). The highest BCUT2D eigenvalue weighted by molar-refractivity contribution is 9.10. The minimum Gasteiger partial charge on any atom is -0.493 e. The lowest BCUT2D eigenvalue weighted by molar-refractivity contribution is 0.146. The lowest BCUT2D eigenvalue weighted by atomic mass is 9.98. The summed E-state index contributed by atoms with van der Waals surface area (Å²) in [6, 6.07) is 5.93. The highest BCUT2D eigenvalue weighted by Gasteiger charge is 2.20. The van der Waals surface area contributed by atoms with Gasteiger partial charge in [0.2, 0.25) is 0 Å². The van der Waals surface area contributed by atoms with Crippen LogP contribution in [0.25, 0.3) is 0 Å².